The Morgan fingerprint density at radius 2 is 2.62 bits per heavy atom. The first-order valence-corrected chi connectivity index (χ1v) is 2.48. The van der Waals surface area contributed by atoms with Crippen molar-refractivity contribution < 1.29 is 5.11 Å². The lowest BCUT2D eigenvalue weighted by atomic mass is 10.3. The summed E-state index contributed by atoms with van der Waals surface area (Å²) in [4.78, 5) is 3.88. The van der Waals surface area contributed by atoms with Gasteiger partial charge in [-0.05, 0) is 6.08 Å². The van der Waals surface area contributed by atoms with Crippen LogP contribution in [0.25, 0.3) is 0 Å². The molecule has 0 aromatic rings. The van der Waals surface area contributed by atoms with Crippen LogP contribution in [-0.4, -0.2) is 24.1 Å². The monoisotopic (exact) mass is 112 g/mol. The van der Waals surface area contributed by atoms with Crippen molar-refractivity contribution in [2.45, 2.75) is 6.04 Å². The number of aliphatic imine (C=N–C) groups is 1. The molecule has 1 aliphatic heterocycles. The average Bonchev–Trinajstić information content (AvgIpc) is 1.90. The molecule has 0 saturated heterocycles. The van der Waals surface area contributed by atoms with Crippen molar-refractivity contribution in [1.82, 2.24) is 5.32 Å². The summed E-state index contributed by atoms with van der Waals surface area (Å²) in [5.41, 5.74) is 0. The molecule has 0 aromatic heterocycles. The van der Waals surface area contributed by atoms with E-state index in [4.69, 9.17) is 5.11 Å². The Balaban J connectivity index is 2.42. The van der Waals surface area contributed by atoms with E-state index >= 15 is 0 Å². The van der Waals surface area contributed by atoms with Crippen LogP contribution >= 0.6 is 0 Å². The molecule has 0 amide bonds. The average molecular weight is 112 g/mol. The Hall–Kier alpha value is -0.830. The predicted octanol–water partition coefficient (Wildman–Crippen LogP) is -0.508. The van der Waals surface area contributed by atoms with Crippen LogP contribution in [0.4, 0.5) is 0 Å². The van der Waals surface area contributed by atoms with Gasteiger partial charge in [-0.2, -0.15) is 0 Å². The second kappa shape index (κ2) is 2.47. The van der Waals surface area contributed by atoms with Crippen molar-refractivity contribution in [2.24, 2.45) is 4.99 Å². The van der Waals surface area contributed by atoms with Crippen LogP contribution in [0.1, 0.15) is 0 Å². The number of rotatable bonds is 1. The van der Waals surface area contributed by atoms with E-state index in [0.717, 1.165) is 0 Å². The van der Waals surface area contributed by atoms with Gasteiger partial charge in [-0.15, -0.1) is 0 Å². The molecule has 0 spiro atoms. The SMILES string of the molecule is OCC1C=CNC=N1. The van der Waals surface area contributed by atoms with Crippen molar-refractivity contribution >= 4 is 6.34 Å². The van der Waals surface area contributed by atoms with Gasteiger partial charge in [0.05, 0.1) is 19.0 Å². The summed E-state index contributed by atoms with van der Waals surface area (Å²) < 4.78 is 0. The Bertz CT molecular complexity index is 108. The number of aliphatic hydroxyl groups is 1. The highest BCUT2D eigenvalue weighted by molar-refractivity contribution is 5.57. The van der Waals surface area contributed by atoms with Gasteiger partial charge in [0, 0.05) is 6.20 Å². The molecule has 3 heteroatoms. The van der Waals surface area contributed by atoms with Crippen LogP contribution < -0.4 is 5.32 Å². The molecule has 0 radical (unpaired) electrons. The molecule has 1 aliphatic rings. The van der Waals surface area contributed by atoms with Crippen molar-refractivity contribution in [3.8, 4) is 0 Å². The van der Waals surface area contributed by atoms with E-state index in [1.54, 1.807) is 18.6 Å². The van der Waals surface area contributed by atoms with Gasteiger partial charge >= 0.3 is 0 Å². The van der Waals surface area contributed by atoms with Crippen LogP contribution in [0.2, 0.25) is 0 Å². The maximum Gasteiger partial charge on any atom is 0.0944 e. The van der Waals surface area contributed by atoms with Crippen LogP contribution in [0.5, 0.6) is 0 Å². The largest absolute Gasteiger partial charge is 0.394 e. The molecule has 0 bridgehead atoms. The van der Waals surface area contributed by atoms with Crippen LogP contribution in [-0.2, 0) is 0 Å². The topological polar surface area (TPSA) is 44.6 Å². The lowest BCUT2D eigenvalue weighted by Gasteiger charge is -2.05. The molecule has 0 aromatic carbocycles. The molecule has 1 heterocycles. The third-order valence-corrected chi connectivity index (χ3v) is 0.942. The van der Waals surface area contributed by atoms with Gasteiger partial charge in [0.1, 0.15) is 0 Å². The Kier molecular flexibility index (Phi) is 1.64. The molecule has 0 aliphatic carbocycles. The van der Waals surface area contributed by atoms with Crippen LogP contribution in [0.3, 0.4) is 0 Å². The van der Waals surface area contributed by atoms with Crippen molar-refractivity contribution in [3.05, 3.63) is 12.3 Å². The number of hydrogen-bond acceptors (Lipinski definition) is 3. The van der Waals surface area contributed by atoms with Gasteiger partial charge in [0.25, 0.3) is 0 Å². The zero-order chi connectivity index (χ0) is 5.82. The summed E-state index contributed by atoms with van der Waals surface area (Å²) in [5, 5.41) is 11.3. The predicted molar refractivity (Wildman–Crippen MR) is 31.6 cm³/mol. The van der Waals surface area contributed by atoms with E-state index in [0.29, 0.717) is 0 Å². The number of nitrogens with one attached hydrogen (secondary N) is 1. The minimum atomic E-state index is -0.0313. The van der Waals surface area contributed by atoms with E-state index < -0.39 is 0 Å². The third kappa shape index (κ3) is 1.07. The maximum absolute atomic E-state index is 8.50. The molecular formula is C5H8N2O. The zero-order valence-electron chi connectivity index (χ0n) is 4.41. The van der Waals surface area contributed by atoms with Crippen molar-refractivity contribution in [3.63, 3.8) is 0 Å². The molecule has 44 valence electrons. The Labute approximate surface area is 47.7 Å². The highest BCUT2D eigenvalue weighted by atomic mass is 16.3. The fourth-order valence-corrected chi connectivity index (χ4v) is 0.506. The molecule has 1 unspecified atom stereocenters. The summed E-state index contributed by atoms with van der Waals surface area (Å²) >= 11 is 0. The normalized spacial score (nSPS) is 25.4. The van der Waals surface area contributed by atoms with E-state index in [1.807, 2.05) is 0 Å². The lowest BCUT2D eigenvalue weighted by Crippen LogP contribution is -2.16. The smallest absolute Gasteiger partial charge is 0.0944 e. The van der Waals surface area contributed by atoms with Crippen LogP contribution in [0.15, 0.2) is 17.3 Å². The zero-order valence-corrected chi connectivity index (χ0v) is 4.41. The minimum Gasteiger partial charge on any atom is -0.394 e. The first-order valence-electron chi connectivity index (χ1n) is 2.48. The van der Waals surface area contributed by atoms with Crippen molar-refractivity contribution in [2.75, 3.05) is 6.61 Å². The molecule has 1 rings (SSSR count). The summed E-state index contributed by atoms with van der Waals surface area (Å²) in [6.45, 7) is 0.0919. The first-order chi connectivity index (χ1) is 3.93. The fraction of sp³-hybridized carbons (Fsp3) is 0.400. The molecule has 2 N–H and O–H groups in total. The summed E-state index contributed by atoms with van der Waals surface area (Å²) in [6, 6.07) is -0.0313. The van der Waals surface area contributed by atoms with Gasteiger partial charge in [0.15, 0.2) is 0 Å². The highest BCUT2D eigenvalue weighted by Crippen LogP contribution is 1.92. The standard InChI is InChI=1S/C5H8N2O/c8-3-5-1-2-6-4-7-5/h1-2,4-5,8H,3H2,(H,6,7). The molecule has 8 heavy (non-hydrogen) atoms. The van der Waals surface area contributed by atoms with Gasteiger partial charge in [0.2, 0.25) is 0 Å². The van der Waals surface area contributed by atoms with E-state index in [1.165, 1.54) is 0 Å². The van der Waals surface area contributed by atoms with Gasteiger partial charge < -0.3 is 10.4 Å². The lowest BCUT2D eigenvalue weighted by molar-refractivity contribution is 0.284. The van der Waals surface area contributed by atoms with Crippen LogP contribution in [0, 0.1) is 0 Å². The third-order valence-electron chi connectivity index (χ3n) is 0.942. The summed E-state index contributed by atoms with van der Waals surface area (Å²) in [6.07, 6.45) is 5.13. The summed E-state index contributed by atoms with van der Waals surface area (Å²) in [7, 11) is 0. The Morgan fingerprint density at radius 3 is 3.00 bits per heavy atom. The van der Waals surface area contributed by atoms with E-state index in [2.05, 4.69) is 10.3 Å². The Morgan fingerprint density at radius 1 is 1.75 bits per heavy atom. The van der Waals surface area contributed by atoms with E-state index in [-0.39, 0.29) is 12.6 Å². The van der Waals surface area contributed by atoms with Crippen molar-refractivity contribution in [1.29, 1.82) is 0 Å². The second-order valence-corrected chi connectivity index (χ2v) is 1.55. The second-order valence-electron chi connectivity index (χ2n) is 1.55. The van der Waals surface area contributed by atoms with Gasteiger partial charge in [-0.3, -0.25) is 4.99 Å². The summed E-state index contributed by atoms with van der Waals surface area (Å²) in [5.74, 6) is 0. The highest BCUT2D eigenvalue weighted by Gasteiger charge is 1.98. The minimum absolute atomic E-state index is 0.0313. The molecular weight excluding hydrogens is 104 g/mol. The fourth-order valence-electron chi connectivity index (χ4n) is 0.506. The first kappa shape index (κ1) is 5.31. The number of hydrogen-bond donors (Lipinski definition) is 2. The number of nitrogens with zero attached hydrogens (tertiary/aromatic N) is 1. The molecule has 0 fully saturated rings. The van der Waals surface area contributed by atoms with Gasteiger partial charge in [-0.1, -0.05) is 0 Å². The number of aliphatic hydroxyl groups excluding tert-OH is 1. The molecule has 3 nitrogen and oxygen atoms in total. The quantitative estimate of drug-likeness (QED) is 0.480. The molecule has 1 atom stereocenters. The molecule has 0 saturated carbocycles. The van der Waals surface area contributed by atoms with Gasteiger partial charge in [-0.25, -0.2) is 0 Å². The van der Waals surface area contributed by atoms with E-state index in [9.17, 15) is 0 Å². The maximum atomic E-state index is 8.50.